The average Bonchev–Trinajstić information content (AvgIpc) is 2.38. The first-order chi connectivity index (χ1) is 9.77. The number of nitrogens with one attached hydrogen (secondary N) is 2. The van der Waals surface area contributed by atoms with Crippen LogP contribution in [-0.2, 0) is 14.3 Å². The number of hydrogen-bond acceptors (Lipinski definition) is 4. The number of carbonyl (C=O) groups excluding carboxylic acids is 2. The molecule has 2 amide bonds. The topological polar surface area (TPSA) is 105 Å². The molecule has 0 aliphatic rings. The lowest BCUT2D eigenvalue weighted by Gasteiger charge is -2.17. The summed E-state index contributed by atoms with van der Waals surface area (Å²) in [6.07, 6.45) is 1.96. The summed E-state index contributed by atoms with van der Waals surface area (Å²) in [5, 5.41) is 14.0. The predicted molar refractivity (Wildman–Crippen MR) is 77.9 cm³/mol. The molecule has 0 spiro atoms. The maximum atomic E-state index is 11.7. The van der Waals surface area contributed by atoms with Crippen molar-refractivity contribution in [1.29, 1.82) is 0 Å². The van der Waals surface area contributed by atoms with Crippen LogP contribution in [0.4, 0.5) is 4.79 Å². The van der Waals surface area contributed by atoms with Crippen LogP contribution in [0.5, 0.6) is 0 Å². The molecule has 0 bridgehead atoms. The molecular weight excluding hydrogens is 276 g/mol. The molecule has 0 aromatic heterocycles. The fourth-order valence-corrected chi connectivity index (χ4v) is 1.71. The minimum atomic E-state index is -0.809. The van der Waals surface area contributed by atoms with Gasteiger partial charge in [-0.2, -0.15) is 0 Å². The second-order valence-electron chi connectivity index (χ2n) is 5.16. The lowest BCUT2D eigenvalue weighted by molar-refractivity contribution is -0.145. The van der Waals surface area contributed by atoms with Gasteiger partial charge in [-0.05, 0) is 33.6 Å². The summed E-state index contributed by atoms with van der Waals surface area (Å²) in [6, 6.07) is -1.24. The van der Waals surface area contributed by atoms with Gasteiger partial charge in [0.25, 0.3) is 0 Å². The Balaban J connectivity index is 3.94. The van der Waals surface area contributed by atoms with E-state index in [0.717, 1.165) is 0 Å². The van der Waals surface area contributed by atoms with Crippen LogP contribution in [0.15, 0.2) is 0 Å². The van der Waals surface area contributed by atoms with E-state index < -0.39 is 24.0 Å². The molecule has 3 N–H and O–H groups in total. The van der Waals surface area contributed by atoms with E-state index in [1.165, 1.54) is 0 Å². The summed E-state index contributed by atoms with van der Waals surface area (Å²) in [5.41, 5.74) is 0. The van der Waals surface area contributed by atoms with Gasteiger partial charge in [0.05, 0.1) is 12.5 Å². The highest BCUT2D eigenvalue weighted by Gasteiger charge is 2.17. The number of aliphatic carboxylic acids is 1. The summed E-state index contributed by atoms with van der Waals surface area (Å²) < 4.78 is 4.79. The van der Waals surface area contributed by atoms with Crippen molar-refractivity contribution in [3.8, 4) is 0 Å². The summed E-state index contributed by atoms with van der Waals surface area (Å²) in [7, 11) is 0. The Labute approximate surface area is 125 Å². The Hall–Kier alpha value is -1.79. The Morgan fingerprint density at radius 1 is 1.10 bits per heavy atom. The van der Waals surface area contributed by atoms with E-state index in [2.05, 4.69) is 10.6 Å². The predicted octanol–water partition coefficient (Wildman–Crippen LogP) is 1.52. The zero-order valence-corrected chi connectivity index (χ0v) is 13.1. The van der Waals surface area contributed by atoms with Crippen molar-refractivity contribution in [1.82, 2.24) is 10.6 Å². The molecule has 21 heavy (non-hydrogen) atoms. The lowest BCUT2D eigenvalue weighted by atomic mass is 10.0. The van der Waals surface area contributed by atoms with Crippen molar-refractivity contribution < 1.29 is 24.2 Å². The Kier molecular flexibility index (Phi) is 9.16. The normalized spacial score (nSPS) is 14.7. The van der Waals surface area contributed by atoms with Gasteiger partial charge in [-0.25, -0.2) is 9.59 Å². The van der Waals surface area contributed by atoms with Crippen molar-refractivity contribution in [3.05, 3.63) is 0 Å². The van der Waals surface area contributed by atoms with Crippen LogP contribution in [0.25, 0.3) is 0 Å². The quantitative estimate of drug-likeness (QED) is 0.560. The molecule has 0 aliphatic carbocycles. The highest BCUT2D eigenvalue weighted by Crippen LogP contribution is 2.09. The van der Waals surface area contributed by atoms with Crippen molar-refractivity contribution >= 4 is 18.0 Å². The largest absolute Gasteiger partial charge is 0.481 e. The molecule has 0 rings (SSSR count). The van der Waals surface area contributed by atoms with Gasteiger partial charge in [-0.3, -0.25) is 4.79 Å². The van der Waals surface area contributed by atoms with Crippen LogP contribution < -0.4 is 10.6 Å². The third kappa shape index (κ3) is 8.88. The molecule has 7 heteroatoms. The van der Waals surface area contributed by atoms with Gasteiger partial charge < -0.3 is 20.5 Å². The first-order valence-electron chi connectivity index (χ1n) is 7.24. The molecule has 3 atom stereocenters. The number of carboxylic acids is 1. The molecule has 3 unspecified atom stereocenters. The summed E-state index contributed by atoms with van der Waals surface area (Å²) in [6.45, 7) is 7.01. The molecule has 7 nitrogen and oxygen atoms in total. The van der Waals surface area contributed by atoms with E-state index in [9.17, 15) is 14.4 Å². The van der Waals surface area contributed by atoms with E-state index in [4.69, 9.17) is 9.84 Å². The number of carboxylic acid groups (broad SMARTS) is 1. The highest BCUT2D eigenvalue weighted by atomic mass is 16.5. The fraction of sp³-hybridized carbons (Fsp3) is 0.786. The molecule has 0 radical (unpaired) electrons. The zero-order valence-electron chi connectivity index (χ0n) is 13.1. The van der Waals surface area contributed by atoms with Crippen LogP contribution in [-0.4, -0.2) is 41.8 Å². The smallest absolute Gasteiger partial charge is 0.328 e. The molecule has 0 saturated carbocycles. The fourth-order valence-electron chi connectivity index (χ4n) is 1.71. The number of rotatable bonds is 9. The van der Waals surface area contributed by atoms with Crippen molar-refractivity contribution in [3.63, 3.8) is 0 Å². The minimum absolute atomic E-state index is 0.0969. The number of hydrogen-bond donors (Lipinski definition) is 3. The van der Waals surface area contributed by atoms with Crippen LogP contribution in [0.1, 0.15) is 47.0 Å². The lowest BCUT2D eigenvalue weighted by Crippen LogP contribution is -2.47. The molecule has 0 aliphatic heterocycles. The molecular formula is C14H26N2O5. The van der Waals surface area contributed by atoms with Gasteiger partial charge in [-0.15, -0.1) is 0 Å². The molecule has 0 heterocycles. The Morgan fingerprint density at radius 3 is 2.24 bits per heavy atom. The van der Waals surface area contributed by atoms with Crippen LogP contribution in [0, 0.1) is 5.92 Å². The summed E-state index contributed by atoms with van der Waals surface area (Å²) in [5.74, 6) is -1.66. The number of carbonyl (C=O) groups is 3. The molecule has 0 aromatic carbocycles. The van der Waals surface area contributed by atoms with Gasteiger partial charge in [0.1, 0.15) is 6.04 Å². The maximum absolute atomic E-state index is 11.7. The van der Waals surface area contributed by atoms with Crippen molar-refractivity contribution in [2.24, 2.45) is 5.92 Å². The number of esters is 1. The van der Waals surface area contributed by atoms with Gasteiger partial charge in [-0.1, -0.05) is 13.3 Å². The van der Waals surface area contributed by atoms with E-state index in [0.29, 0.717) is 19.3 Å². The summed E-state index contributed by atoms with van der Waals surface area (Å²) >= 11 is 0. The third-order valence-electron chi connectivity index (χ3n) is 3.06. The number of amides is 2. The number of urea groups is 1. The SMILES string of the molecule is CCOC(=O)C(C)NC(=O)NC(C)CCCC(C)C(=O)O. The maximum Gasteiger partial charge on any atom is 0.328 e. The Morgan fingerprint density at radius 2 is 1.71 bits per heavy atom. The van der Waals surface area contributed by atoms with E-state index in [1.807, 2.05) is 6.92 Å². The van der Waals surface area contributed by atoms with E-state index in [1.54, 1.807) is 20.8 Å². The average molecular weight is 302 g/mol. The Bertz CT molecular complexity index is 359. The standard InChI is InChI=1S/C14H26N2O5/c1-5-21-13(19)11(4)16-14(20)15-10(3)8-6-7-9(2)12(17)18/h9-11H,5-8H2,1-4H3,(H,17,18)(H2,15,16,20). The van der Waals surface area contributed by atoms with Gasteiger partial charge in [0.2, 0.25) is 0 Å². The van der Waals surface area contributed by atoms with Crippen LogP contribution >= 0.6 is 0 Å². The van der Waals surface area contributed by atoms with E-state index in [-0.39, 0.29) is 18.6 Å². The summed E-state index contributed by atoms with van der Waals surface area (Å²) in [4.78, 5) is 33.7. The van der Waals surface area contributed by atoms with Gasteiger partial charge in [0, 0.05) is 6.04 Å². The van der Waals surface area contributed by atoms with Gasteiger partial charge >= 0.3 is 18.0 Å². The molecule has 0 saturated heterocycles. The molecule has 0 fully saturated rings. The van der Waals surface area contributed by atoms with E-state index >= 15 is 0 Å². The second-order valence-corrected chi connectivity index (χ2v) is 5.16. The van der Waals surface area contributed by atoms with Crippen LogP contribution in [0.2, 0.25) is 0 Å². The molecule has 0 aromatic rings. The monoisotopic (exact) mass is 302 g/mol. The molecule has 122 valence electrons. The van der Waals surface area contributed by atoms with Crippen LogP contribution in [0.3, 0.4) is 0 Å². The second kappa shape index (κ2) is 10.0. The first kappa shape index (κ1) is 19.2. The van der Waals surface area contributed by atoms with Gasteiger partial charge in [0.15, 0.2) is 0 Å². The highest BCUT2D eigenvalue weighted by molar-refractivity contribution is 5.83. The third-order valence-corrected chi connectivity index (χ3v) is 3.06. The first-order valence-corrected chi connectivity index (χ1v) is 7.24. The minimum Gasteiger partial charge on any atom is -0.481 e. The van der Waals surface area contributed by atoms with Crippen molar-refractivity contribution in [2.45, 2.75) is 59.0 Å². The zero-order chi connectivity index (χ0) is 16.4. The number of ether oxygens (including phenoxy) is 1. The van der Waals surface area contributed by atoms with Crippen molar-refractivity contribution in [2.75, 3.05) is 6.61 Å².